The fraction of sp³-hybridized carbons (Fsp3) is 0.381. The molecule has 4 rings (SSSR count). The van der Waals surface area contributed by atoms with Crippen molar-refractivity contribution in [3.8, 4) is 5.75 Å². The zero-order chi connectivity index (χ0) is 21.7. The van der Waals surface area contributed by atoms with Crippen LogP contribution < -0.4 is 15.8 Å². The lowest BCUT2D eigenvalue weighted by Gasteiger charge is -2.36. The van der Waals surface area contributed by atoms with Gasteiger partial charge in [0.15, 0.2) is 0 Å². The Hall–Kier alpha value is -3.04. The molecular weight excluding hydrogens is 393 g/mol. The Labute approximate surface area is 173 Å². The van der Waals surface area contributed by atoms with E-state index < -0.39 is 5.91 Å². The highest BCUT2D eigenvalue weighted by molar-refractivity contribution is 5.92. The van der Waals surface area contributed by atoms with Gasteiger partial charge in [-0.05, 0) is 31.5 Å². The zero-order valence-electron chi connectivity index (χ0n) is 16.8. The summed E-state index contributed by atoms with van der Waals surface area (Å²) in [6, 6.07) is 6.28. The molecule has 0 radical (unpaired) electrons. The predicted molar refractivity (Wildman–Crippen MR) is 107 cm³/mol. The molecule has 1 aromatic carbocycles. The van der Waals surface area contributed by atoms with Gasteiger partial charge in [0, 0.05) is 28.9 Å². The second-order valence-corrected chi connectivity index (χ2v) is 7.24. The van der Waals surface area contributed by atoms with Gasteiger partial charge in [0.2, 0.25) is 6.41 Å². The maximum atomic E-state index is 13.5. The second kappa shape index (κ2) is 9.19. The van der Waals surface area contributed by atoms with Crippen LogP contribution in [0, 0.1) is 12.7 Å². The Morgan fingerprint density at radius 2 is 2.17 bits per heavy atom. The van der Waals surface area contributed by atoms with Gasteiger partial charge in [-0.2, -0.15) is 0 Å². The van der Waals surface area contributed by atoms with Crippen molar-refractivity contribution in [1.29, 1.82) is 0 Å². The van der Waals surface area contributed by atoms with Crippen LogP contribution in [0.15, 0.2) is 30.5 Å². The molecule has 1 aromatic heterocycles. The SMILES string of the molecule is COc1c(C2COC3(COC3)C2)ccc(F)c1C.NC(=O)c1cc(NC=O)ccn1. The highest BCUT2D eigenvalue weighted by atomic mass is 19.1. The first-order chi connectivity index (χ1) is 14.4. The van der Waals surface area contributed by atoms with Gasteiger partial charge in [0.25, 0.3) is 5.91 Å². The first kappa shape index (κ1) is 21.7. The minimum absolute atomic E-state index is 0.0992. The molecular formula is C21H24FN3O5. The molecule has 1 spiro atoms. The number of amides is 2. The van der Waals surface area contributed by atoms with Crippen molar-refractivity contribution < 1.29 is 28.2 Å². The van der Waals surface area contributed by atoms with Crippen LogP contribution in [0.2, 0.25) is 0 Å². The summed E-state index contributed by atoms with van der Waals surface area (Å²) in [7, 11) is 1.59. The molecule has 2 saturated heterocycles. The van der Waals surface area contributed by atoms with Gasteiger partial charge in [-0.15, -0.1) is 0 Å². The van der Waals surface area contributed by atoms with Gasteiger partial charge >= 0.3 is 0 Å². The van der Waals surface area contributed by atoms with E-state index in [-0.39, 0.29) is 23.0 Å². The van der Waals surface area contributed by atoms with Gasteiger partial charge in [-0.25, -0.2) is 4.39 Å². The van der Waals surface area contributed by atoms with Crippen molar-refractivity contribution >= 4 is 18.0 Å². The fourth-order valence-electron chi connectivity index (χ4n) is 3.58. The third kappa shape index (κ3) is 4.58. The van der Waals surface area contributed by atoms with E-state index in [2.05, 4.69) is 10.3 Å². The number of halogens is 1. The molecule has 0 aliphatic carbocycles. The van der Waals surface area contributed by atoms with Crippen molar-refractivity contribution in [2.75, 3.05) is 32.2 Å². The van der Waals surface area contributed by atoms with E-state index in [4.69, 9.17) is 19.9 Å². The number of hydrogen-bond donors (Lipinski definition) is 2. The number of aromatic nitrogens is 1. The van der Waals surface area contributed by atoms with Crippen molar-refractivity contribution in [2.24, 2.45) is 5.73 Å². The Morgan fingerprint density at radius 3 is 2.73 bits per heavy atom. The normalized spacial score (nSPS) is 18.7. The molecule has 2 aliphatic rings. The predicted octanol–water partition coefficient (Wildman–Crippen LogP) is 2.16. The van der Waals surface area contributed by atoms with Crippen LogP contribution >= 0.6 is 0 Å². The van der Waals surface area contributed by atoms with Crippen LogP contribution in [0.25, 0.3) is 0 Å². The number of carbonyl (C=O) groups is 2. The molecule has 2 aliphatic heterocycles. The molecule has 9 heteroatoms. The molecule has 3 heterocycles. The van der Waals surface area contributed by atoms with E-state index in [1.54, 1.807) is 20.1 Å². The number of carbonyl (C=O) groups excluding carboxylic acids is 2. The fourth-order valence-corrected chi connectivity index (χ4v) is 3.58. The summed E-state index contributed by atoms with van der Waals surface area (Å²) in [6.45, 7) is 3.75. The first-order valence-electron chi connectivity index (χ1n) is 9.40. The Morgan fingerprint density at radius 1 is 1.40 bits per heavy atom. The number of nitrogens with one attached hydrogen (secondary N) is 1. The van der Waals surface area contributed by atoms with Gasteiger partial charge in [-0.1, -0.05) is 6.07 Å². The van der Waals surface area contributed by atoms with Crippen LogP contribution in [-0.2, 0) is 14.3 Å². The van der Waals surface area contributed by atoms with E-state index in [1.807, 2.05) is 6.07 Å². The summed E-state index contributed by atoms with van der Waals surface area (Å²) in [5, 5.41) is 2.37. The number of benzene rings is 1. The Bertz CT molecular complexity index is 933. The Balaban J connectivity index is 0.000000187. The lowest BCUT2D eigenvalue weighted by atomic mass is 9.87. The average molecular weight is 417 g/mol. The number of nitrogens with zero attached hydrogens (tertiary/aromatic N) is 1. The van der Waals surface area contributed by atoms with Crippen LogP contribution in [-0.4, -0.2) is 49.8 Å². The molecule has 1 atom stereocenters. The average Bonchev–Trinajstić information content (AvgIpc) is 3.17. The van der Waals surface area contributed by atoms with Gasteiger partial charge in [0.05, 0.1) is 26.9 Å². The van der Waals surface area contributed by atoms with E-state index in [0.29, 0.717) is 43.2 Å². The zero-order valence-corrected chi connectivity index (χ0v) is 16.8. The lowest BCUT2D eigenvalue weighted by molar-refractivity contribution is -0.184. The van der Waals surface area contributed by atoms with Crippen molar-refractivity contribution in [3.63, 3.8) is 0 Å². The molecule has 0 saturated carbocycles. The molecule has 2 fully saturated rings. The number of primary amides is 1. The highest BCUT2D eigenvalue weighted by Gasteiger charge is 2.47. The minimum Gasteiger partial charge on any atom is -0.496 e. The molecule has 2 amide bonds. The summed E-state index contributed by atoms with van der Waals surface area (Å²) in [5.41, 5.74) is 7.10. The molecule has 2 aromatic rings. The van der Waals surface area contributed by atoms with Gasteiger partial charge in [0.1, 0.15) is 22.9 Å². The lowest BCUT2D eigenvalue weighted by Crippen LogP contribution is -2.48. The maximum absolute atomic E-state index is 13.5. The van der Waals surface area contributed by atoms with Crippen LogP contribution in [0.4, 0.5) is 10.1 Å². The number of hydrogen-bond acceptors (Lipinski definition) is 6. The van der Waals surface area contributed by atoms with Gasteiger partial charge < -0.3 is 25.3 Å². The van der Waals surface area contributed by atoms with E-state index >= 15 is 0 Å². The number of ether oxygens (including phenoxy) is 3. The van der Waals surface area contributed by atoms with Crippen LogP contribution in [0.1, 0.15) is 34.0 Å². The second-order valence-electron chi connectivity index (χ2n) is 7.24. The highest BCUT2D eigenvalue weighted by Crippen LogP contribution is 2.44. The summed E-state index contributed by atoms with van der Waals surface area (Å²) < 4.78 is 30.0. The summed E-state index contributed by atoms with van der Waals surface area (Å²) >= 11 is 0. The molecule has 0 bridgehead atoms. The number of rotatable bonds is 5. The quantitative estimate of drug-likeness (QED) is 0.721. The summed E-state index contributed by atoms with van der Waals surface area (Å²) in [5.74, 6) is 0.0739. The van der Waals surface area contributed by atoms with E-state index in [1.165, 1.54) is 18.3 Å². The number of nitrogens with two attached hydrogens (primary N) is 1. The summed E-state index contributed by atoms with van der Waals surface area (Å²) in [4.78, 5) is 24.3. The van der Waals surface area contributed by atoms with Gasteiger partial charge in [-0.3, -0.25) is 14.6 Å². The van der Waals surface area contributed by atoms with Crippen LogP contribution in [0.5, 0.6) is 5.75 Å². The maximum Gasteiger partial charge on any atom is 0.267 e. The first-order valence-corrected chi connectivity index (χ1v) is 9.40. The number of methoxy groups -OCH3 is 1. The minimum atomic E-state index is -0.621. The molecule has 1 unspecified atom stereocenters. The number of anilines is 1. The topological polar surface area (TPSA) is 113 Å². The number of pyridine rings is 1. The smallest absolute Gasteiger partial charge is 0.267 e. The van der Waals surface area contributed by atoms with Crippen molar-refractivity contribution in [1.82, 2.24) is 4.98 Å². The Kier molecular flexibility index (Phi) is 6.63. The van der Waals surface area contributed by atoms with E-state index in [0.717, 1.165) is 12.0 Å². The van der Waals surface area contributed by atoms with Crippen LogP contribution in [0.3, 0.4) is 0 Å². The molecule has 3 N–H and O–H groups in total. The molecule has 8 nitrogen and oxygen atoms in total. The third-order valence-electron chi connectivity index (χ3n) is 5.19. The largest absolute Gasteiger partial charge is 0.496 e. The van der Waals surface area contributed by atoms with Crippen molar-refractivity contribution in [2.45, 2.75) is 24.9 Å². The summed E-state index contributed by atoms with van der Waals surface area (Å²) in [6.07, 6.45) is 2.83. The third-order valence-corrected chi connectivity index (χ3v) is 5.19. The molecule has 30 heavy (non-hydrogen) atoms. The standard InChI is InChI=1S/C14H17FO3.C7H7N3O2/c1-9-12(15)4-3-11(13(9)16-2)10-5-14(18-6-10)7-17-8-14;8-7(12)6-3-5(10-4-11)1-2-9-6/h3-4,10H,5-8H2,1-2H3;1-4H,(H2,8,12)(H,9,10,11). The van der Waals surface area contributed by atoms with E-state index in [9.17, 15) is 14.0 Å². The molecule has 160 valence electrons. The van der Waals surface area contributed by atoms with Crippen molar-refractivity contribution in [3.05, 3.63) is 53.1 Å². The monoisotopic (exact) mass is 417 g/mol.